The molecule has 2 rings (SSSR count). The second-order valence-electron chi connectivity index (χ2n) is 4.44. The third-order valence-electron chi connectivity index (χ3n) is 3.12. The molecule has 0 bridgehead atoms. The molecule has 1 unspecified atom stereocenters. The van der Waals surface area contributed by atoms with E-state index in [0.29, 0.717) is 0 Å². The van der Waals surface area contributed by atoms with Crippen molar-refractivity contribution in [1.82, 2.24) is 15.6 Å². The van der Waals surface area contributed by atoms with Crippen LogP contribution in [0.3, 0.4) is 0 Å². The Bertz CT molecular complexity index is 208. The largest absolute Gasteiger partial charge is 0.444 e. The van der Waals surface area contributed by atoms with Crippen LogP contribution in [-0.2, 0) is 4.74 Å². The van der Waals surface area contributed by atoms with Crippen LogP contribution in [0.15, 0.2) is 5.10 Å². The van der Waals surface area contributed by atoms with E-state index in [2.05, 4.69) is 20.7 Å². The van der Waals surface area contributed by atoms with Gasteiger partial charge in [0.2, 0.25) is 6.35 Å². The maximum Gasteiger partial charge on any atom is 0.243 e. The van der Waals surface area contributed by atoms with E-state index in [4.69, 9.17) is 4.74 Å². The summed E-state index contributed by atoms with van der Waals surface area (Å²) < 4.78 is 5.13. The second kappa shape index (κ2) is 6.70. The van der Waals surface area contributed by atoms with Crippen molar-refractivity contribution in [2.24, 2.45) is 5.10 Å². The highest BCUT2D eigenvalue weighted by molar-refractivity contribution is 5.47. The first-order valence-corrected chi connectivity index (χ1v) is 6.33. The molecule has 1 saturated heterocycles. The molecule has 16 heavy (non-hydrogen) atoms. The lowest BCUT2D eigenvalue weighted by molar-refractivity contribution is 0.152. The maximum absolute atomic E-state index is 5.13. The first-order valence-electron chi connectivity index (χ1n) is 6.33. The van der Waals surface area contributed by atoms with E-state index in [-0.39, 0.29) is 6.35 Å². The quantitative estimate of drug-likeness (QED) is 0.654. The van der Waals surface area contributed by atoms with E-state index in [9.17, 15) is 0 Å². The Morgan fingerprint density at radius 2 is 2.19 bits per heavy atom. The number of rotatable bonds is 6. The topological polar surface area (TPSA) is 48.9 Å². The summed E-state index contributed by atoms with van der Waals surface area (Å²) in [5, 5.41) is 7.01. The van der Waals surface area contributed by atoms with E-state index in [1.54, 1.807) is 0 Å². The van der Waals surface area contributed by atoms with Gasteiger partial charge < -0.3 is 9.64 Å². The predicted molar refractivity (Wildman–Crippen MR) is 64.0 cm³/mol. The minimum atomic E-state index is -0.116. The zero-order valence-electron chi connectivity index (χ0n) is 9.82. The molecule has 0 aromatic carbocycles. The summed E-state index contributed by atoms with van der Waals surface area (Å²) in [6.45, 7) is 4.83. The van der Waals surface area contributed by atoms with Crippen molar-refractivity contribution < 1.29 is 4.74 Å². The van der Waals surface area contributed by atoms with Crippen molar-refractivity contribution in [1.29, 1.82) is 0 Å². The summed E-state index contributed by atoms with van der Waals surface area (Å²) in [7, 11) is 0. The van der Waals surface area contributed by atoms with Gasteiger partial charge in [-0.05, 0) is 45.3 Å². The number of hydrogen-bond donors (Lipinski definition) is 2. The molecule has 5 nitrogen and oxygen atoms in total. The lowest BCUT2D eigenvalue weighted by Crippen LogP contribution is -2.38. The normalized spacial score (nSPS) is 25.4. The Labute approximate surface area is 97.2 Å². The van der Waals surface area contributed by atoms with Crippen molar-refractivity contribution in [3.63, 3.8) is 0 Å². The van der Waals surface area contributed by atoms with Crippen LogP contribution in [0, 0.1) is 0 Å². The van der Waals surface area contributed by atoms with Gasteiger partial charge in [0.15, 0.2) is 6.40 Å². The van der Waals surface area contributed by atoms with Crippen molar-refractivity contribution >= 4 is 6.40 Å². The molecule has 92 valence electrons. The molecule has 1 fully saturated rings. The van der Waals surface area contributed by atoms with Crippen LogP contribution in [0.25, 0.3) is 0 Å². The molecule has 0 aromatic rings. The number of hydrazone groups is 1. The van der Waals surface area contributed by atoms with Gasteiger partial charge in [0.1, 0.15) is 0 Å². The minimum absolute atomic E-state index is 0.116. The van der Waals surface area contributed by atoms with E-state index >= 15 is 0 Å². The number of hydrogen-bond acceptors (Lipinski definition) is 5. The van der Waals surface area contributed by atoms with Gasteiger partial charge in [0, 0.05) is 6.54 Å². The second-order valence-corrected chi connectivity index (χ2v) is 4.44. The lowest BCUT2D eigenvalue weighted by Gasteiger charge is -2.26. The Balaban J connectivity index is 1.42. The molecule has 1 atom stereocenters. The van der Waals surface area contributed by atoms with Crippen molar-refractivity contribution in [3.8, 4) is 0 Å². The average molecular weight is 226 g/mol. The van der Waals surface area contributed by atoms with Gasteiger partial charge >= 0.3 is 0 Å². The van der Waals surface area contributed by atoms with E-state index in [1.807, 2.05) is 0 Å². The number of likely N-dealkylation sites (tertiary alicyclic amines) is 1. The van der Waals surface area contributed by atoms with Crippen LogP contribution in [0.2, 0.25) is 0 Å². The van der Waals surface area contributed by atoms with Crippen LogP contribution >= 0.6 is 0 Å². The summed E-state index contributed by atoms with van der Waals surface area (Å²) >= 11 is 0. The number of ether oxygens (including phenoxy) is 1. The first-order chi connectivity index (χ1) is 7.95. The highest BCUT2D eigenvalue weighted by Crippen LogP contribution is 2.09. The molecule has 2 aliphatic heterocycles. The zero-order chi connectivity index (χ0) is 11.1. The summed E-state index contributed by atoms with van der Waals surface area (Å²) in [6, 6.07) is 0. The number of nitrogens with zero attached hydrogens (tertiary/aromatic N) is 2. The van der Waals surface area contributed by atoms with E-state index in [0.717, 1.165) is 6.54 Å². The van der Waals surface area contributed by atoms with Crippen LogP contribution in [0.5, 0.6) is 0 Å². The molecule has 0 spiro atoms. The van der Waals surface area contributed by atoms with Gasteiger partial charge in [0.25, 0.3) is 0 Å². The van der Waals surface area contributed by atoms with Gasteiger partial charge in [-0.1, -0.05) is 6.42 Å². The van der Waals surface area contributed by atoms with E-state index in [1.165, 1.54) is 58.1 Å². The average Bonchev–Trinajstić information content (AvgIpc) is 2.83. The smallest absolute Gasteiger partial charge is 0.243 e. The molecule has 0 saturated carbocycles. The summed E-state index contributed by atoms with van der Waals surface area (Å²) in [5.74, 6) is 0. The summed E-state index contributed by atoms with van der Waals surface area (Å²) in [6.07, 6.45) is 7.97. The van der Waals surface area contributed by atoms with Crippen LogP contribution in [-0.4, -0.2) is 43.8 Å². The fourth-order valence-corrected chi connectivity index (χ4v) is 2.19. The molecule has 0 aromatic heterocycles. The highest BCUT2D eigenvalue weighted by Gasteiger charge is 2.10. The summed E-state index contributed by atoms with van der Waals surface area (Å²) in [4.78, 5) is 2.58. The molecular weight excluding hydrogens is 204 g/mol. The molecule has 2 aliphatic rings. The molecular formula is C11H22N4O. The zero-order valence-corrected chi connectivity index (χ0v) is 9.82. The van der Waals surface area contributed by atoms with Crippen LogP contribution in [0.1, 0.15) is 32.1 Å². The lowest BCUT2D eigenvalue weighted by atomic mass is 10.1. The summed E-state index contributed by atoms with van der Waals surface area (Å²) in [5.41, 5.74) is 2.82. The van der Waals surface area contributed by atoms with Gasteiger partial charge in [-0.2, -0.15) is 0 Å². The maximum atomic E-state index is 5.13. The van der Waals surface area contributed by atoms with Gasteiger partial charge in [-0.3, -0.25) is 10.7 Å². The molecule has 5 heteroatoms. The third kappa shape index (κ3) is 3.98. The standard InChI is InChI=1S/C11H22N4O/c1-3-7-15(8-4-1)9-5-2-6-12-11-14-13-10-16-11/h10-12,14H,1-9H2. The predicted octanol–water partition coefficient (Wildman–Crippen LogP) is 0.689. The molecule has 2 heterocycles. The molecule has 0 radical (unpaired) electrons. The van der Waals surface area contributed by atoms with Crippen molar-refractivity contribution in [2.75, 3.05) is 26.2 Å². The number of unbranched alkanes of at least 4 members (excludes halogenated alkanes) is 1. The first kappa shape index (κ1) is 11.7. The van der Waals surface area contributed by atoms with E-state index < -0.39 is 0 Å². The van der Waals surface area contributed by atoms with Crippen LogP contribution in [0.4, 0.5) is 0 Å². The molecule has 2 N–H and O–H groups in total. The Morgan fingerprint density at radius 3 is 2.94 bits per heavy atom. The van der Waals surface area contributed by atoms with Gasteiger partial charge in [-0.25, -0.2) is 0 Å². The van der Waals surface area contributed by atoms with Crippen LogP contribution < -0.4 is 10.7 Å². The van der Waals surface area contributed by atoms with Crippen molar-refractivity contribution in [2.45, 2.75) is 38.5 Å². The molecule has 0 amide bonds. The Hall–Kier alpha value is -0.810. The van der Waals surface area contributed by atoms with Crippen molar-refractivity contribution in [3.05, 3.63) is 0 Å². The number of piperidine rings is 1. The highest BCUT2D eigenvalue weighted by atomic mass is 16.5. The monoisotopic (exact) mass is 226 g/mol. The van der Waals surface area contributed by atoms with Gasteiger partial charge in [0.05, 0.1) is 0 Å². The minimum Gasteiger partial charge on any atom is -0.444 e. The van der Waals surface area contributed by atoms with Gasteiger partial charge in [-0.15, -0.1) is 5.10 Å². The Morgan fingerprint density at radius 1 is 1.31 bits per heavy atom. The SMILES string of the molecule is C1=NNC(NCCCCN2CCCCC2)O1. The third-order valence-corrected chi connectivity index (χ3v) is 3.12. The number of nitrogens with one attached hydrogen (secondary N) is 2. The Kier molecular flexibility index (Phi) is 4.89. The molecule has 0 aliphatic carbocycles. The fraction of sp³-hybridized carbons (Fsp3) is 0.909. The fourth-order valence-electron chi connectivity index (χ4n) is 2.19.